The van der Waals surface area contributed by atoms with E-state index in [-0.39, 0.29) is 30.9 Å². The van der Waals surface area contributed by atoms with Gasteiger partial charge in [-0.15, -0.1) is 11.3 Å². The van der Waals surface area contributed by atoms with E-state index in [4.69, 9.17) is 0 Å². The normalized spacial score (nSPS) is 15.4. The van der Waals surface area contributed by atoms with Crippen molar-refractivity contribution in [2.75, 3.05) is 24.2 Å². The van der Waals surface area contributed by atoms with Gasteiger partial charge in [-0.3, -0.25) is 4.79 Å². The lowest BCUT2D eigenvalue weighted by molar-refractivity contribution is -0.137. The number of alkyl halides is 3. The van der Waals surface area contributed by atoms with Crippen molar-refractivity contribution in [2.45, 2.75) is 38.3 Å². The molecule has 0 spiro atoms. The second-order valence-electron chi connectivity index (χ2n) is 7.08. The van der Waals surface area contributed by atoms with E-state index in [1.165, 1.54) is 27.9 Å². The number of hydrogen-bond acceptors (Lipinski definition) is 5. The van der Waals surface area contributed by atoms with E-state index in [1.807, 2.05) is 0 Å². The summed E-state index contributed by atoms with van der Waals surface area (Å²) in [6.07, 6.45) is -0.614. The second kappa shape index (κ2) is 9.44. The molecule has 0 radical (unpaired) electrons. The van der Waals surface area contributed by atoms with Crippen molar-refractivity contribution in [1.82, 2.24) is 9.29 Å². The number of nitrogens with zero attached hydrogens (tertiary/aromatic N) is 2. The fraction of sp³-hybridized carbons (Fsp3) is 0.474. The molecule has 2 aromatic rings. The van der Waals surface area contributed by atoms with E-state index in [2.05, 4.69) is 10.3 Å². The third-order valence-corrected chi connectivity index (χ3v) is 7.57. The summed E-state index contributed by atoms with van der Waals surface area (Å²) >= 11 is 1.18. The molecule has 30 heavy (non-hydrogen) atoms. The SMILES string of the molecule is O=C(CCCS(=O)(=O)N1CCCC1)Nc1ncc(Cc2cccc(C(F)(F)F)c2)s1. The zero-order valence-electron chi connectivity index (χ0n) is 16.1. The number of sulfonamides is 1. The first-order chi connectivity index (χ1) is 14.1. The van der Waals surface area contributed by atoms with E-state index in [1.54, 1.807) is 6.07 Å². The summed E-state index contributed by atoms with van der Waals surface area (Å²) in [5.41, 5.74) is -0.208. The third kappa shape index (κ3) is 6.26. The molecule has 1 N–H and O–H groups in total. The summed E-state index contributed by atoms with van der Waals surface area (Å²) in [4.78, 5) is 16.9. The Hall–Kier alpha value is -1.98. The molecular formula is C19H22F3N3O3S2. The second-order valence-corrected chi connectivity index (χ2v) is 10.3. The number of anilines is 1. The molecule has 0 bridgehead atoms. The lowest BCUT2D eigenvalue weighted by Gasteiger charge is -2.14. The minimum absolute atomic E-state index is 0.0512. The van der Waals surface area contributed by atoms with Crippen molar-refractivity contribution >= 4 is 32.4 Å². The smallest absolute Gasteiger partial charge is 0.302 e. The fourth-order valence-electron chi connectivity index (χ4n) is 3.20. The van der Waals surface area contributed by atoms with Crippen LogP contribution in [-0.2, 0) is 27.4 Å². The Morgan fingerprint density at radius 1 is 1.23 bits per heavy atom. The summed E-state index contributed by atoms with van der Waals surface area (Å²) in [5.74, 6) is -0.411. The number of benzene rings is 1. The maximum Gasteiger partial charge on any atom is 0.416 e. The Morgan fingerprint density at radius 2 is 1.97 bits per heavy atom. The van der Waals surface area contributed by atoms with E-state index in [0.29, 0.717) is 28.7 Å². The van der Waals surface area contributed by atoms with E-state index >= 15 is 0 Å². The molecule has 1 saturated heterocycles. The summed E-state index contributed by atoms with van der Waals surface area (Å²) in [5, 5.41) is 2.96. The Labute approximate surface area is 177 Å². The maximum absolute atomic E-state index is 12.8. The molecule has 0 aliphatic carbocycles. The van der Waals surface area contributed by atoms with Crippen LogP contribution >= 0.6 is 11.3 Å². The van der Waals surface area contributed by atoms with Gasteiger partial charge in [0.2, 0.25) is 15.9 Å². The molecule has 164 valence electrons. The first kappa shape index (κ1) is 22.7. The molecule has 2 heterocycles. The molecule has 11 heteroatoms. The van der Waals surface area contributed by atoms with Crippen molar-refractivity contribution in [1.29, 1.82) is 0 Å². The van der Waals surface area contributed by atoms with Crippen LogP contribution < -0.4 is 5.32 Å². The molecule has 3 rings (SSSR count). The number of thiazole rings is 1. The fourth-order valence-corrected chi connectivity index (χ4v) is 5.64. The van der Waals surface area contributed by atoms with Gasteiger partial charge in [-0.2, -0.15) is 13.2 Å². The van der Waals surface area contributed by atoms with Gasteiger partial charge in [-0.05, 0) is 30.9 Å². The Kier molecular flexibility index (Phi) is 7.14. The zero-order valence-corrected chi connectivity index (χ0v) is 17.7. The van der Waals surface area contributed by atoms with Crippen LogP contribution in [0.2, 0.25) is 0 Å². The molecular weight excluding hydrogens is 439 g/mol. The van der Waals surface area contributed by atoms with Gasteiger partial charge < -0.3 is 5.32 Å². The molecule has 1 amide bonds. The first-order valence-electron chi connectivity index (χ1n) is 9.52. The molecule has 1 aliphatic rings. The number of halogens is 3. The molecule has 0 atom stereocenters. The highest BCUT2D eigenvalue weighted by Crippen LogP contribution is 2.30. The van der Waals surface area contributed by atoms with E-state index < -0.39 is 21.8 Å². The topological polar surface area (TPSA) is 79.4 Å². The molecule has 1 aromatic carbocycles. The highest BCUT2D eigenvalue weighted by molar-refractivity contribution is 7.89. The molecule has 0 unspecified atom stereocenters. The Balaban J connectivity index is 1.49. The highest BCUT2D eigenvalue weighted by Gasteiger charge is 2.30. The quantitative estimate of drug-likeness (QED) is 0.647. The lowest BCUT2D eigenvalue weighted by atomic mass is 10.1. The minimum atomic E-state index is -4.40. The van der Waals surface area contributed by atoms with Crippen LogP contribution in [-0.4, -0.2) is 42.5 Å². The lowest BCUT2D eigenvalue weighted by Crippen LogP contribution is -2.30. The van der Waals surface area contributed by atoms with Gasteiger partial charge in [0.05, 0.1) is 11.3 Å². The number of carbonyl (C=O) groups is 1. The number of amides is 1. The van der Waals surface area contributed by atoms with Crippen LogP contribution in [0.4, 0.5) is 18.3 Å². The van der Waals surface area contributed by atoms with Crippen molar-refractivity contribution in [3.05, 3.63) is 46.5 Å². The minimum Gasteiger partial charge on any atom is -0.302 e. The van der Waals surface area contributed by atoms with Crippen LogP contribution in [0.15, 0.2) is 30.5 Å². The van der Waals surface area contributed by atoms with Gasteiger partial charge in [0, 0.05) is 37.0 Å². The number of rotatable bonds is 8. The predicted molar refractivity (Wildman–Crippen MR) is 109 cm³/mol. The predicted octanol–water partition coefficient (Wildman–Crippen LogP) is 3.90. The summed E-state index contributed by atoms with van der Waals surface area (Å²) in [7, 11) is -3.31. The largest absolute Gasteiger partial charge is 0.416 e. The average Bonchev–Trinajstić information content (AvgIpc) is 3.34. The van der Waals surface area contributed by atoms with Gasteiger partial charge in [-0.1, -0.05) is 18.2 Å². The number of aromatic nitrogens is 1. The molecule has 1 fully saturated rings. The van der Waals surface area contributed by atoms with Gasteiger partial charge in [0.25, 0.3) is 0 Å². The number of hydrogen-bond donors (Lipinski definition) is 1. The number of carbonyl (C=O) groups excluding carboxylic acids is 1. The van der Waals surface area contributed by atoms with Crippen LogP contribution in [0, 0.1) is 0 Å². The van der Waals surface area contributed by atoms with Gasteiger partial charge in [-0.25, -0.2) is 17.7 Å². The molecule has 1 aliphatic heterocycles. The van der Waals surface area contributed by atoms with E-state index in [0.717, 1.165) is 25.0 Å². The Morgan fingerprint density at radius 3 is 2.67 bits per heavy atom. The van der Waals surface area contributed by atoms with Crippen molar-refractivity contribution in [2.24, 2.45) is 0 Å². The monoisotopic (exact) mass is 461 g/mol. The van der Waals surface area contributed by atoms with Crippen molar-refractivity contribution in [3.8, 4) is 0 Å². The standard InChI is InChI=1S/C19H22F3N3O3S2/c20-19(21,22)15-6-3-5-14(11-15)12-16-13-23-18(29-16)24-17(26)7-4-10-30(27,28)25-8-1-2-9-25/h3,5-6,11,13H,1-2,4,7-10,12H2,(H,23,24,26). The Bertz CT molecular complexity index is 984. The van der Waals surface area contributed by atoms with Crippen LogP contribution in [0.25, 0.3) is 0 Å². The molecule has 0 saturated carbocycles. The molecule has 6 nitrogen and oxygen atoms in total. The van der Waals surface area contributed by atoms with Gasteiger partial charge in [0.15, 0.2) is 5.13 Å². The average molecular weight is 462 g/mol. The van der Waals surface area contributed by atoms with Crippen LogP contribution in [0.5, 0.6) is 0 Å². The van der Waals surface area contributed by atoms with Gasteiger partial charge >= 0.3 is 6.18 Å². The summed E-state index contributed by atoms with van der Waals surface area (Å²) in [6.45, 7) is 1.09. The molecule has 1 aromatic heterocycles. The summed E-state index contributed by atoms with van der Waals surface area (Å²) in [6, 6.07) is 5.08. The third-order valence-electron chi connectivity index (χ3n) is 4.70. The first-order valence-corrected chi connectivity index (χ1v) is 11.9. The highest BCUT2D eigenvalue weighted by atomic mass is 32.2. The summed E-state index contributed by atoms with van der Waals surface area (Å²) < 4.78 is 64.2. The van der Waals surface area contributed by atoms with Crippen molar-refractivity contribution < 1.29 is 26.4 Å². The zero-order chi connectivity index (χ0) is 21.8. The van der Waals surface area contributed by atoms with Crippen LogP contribution in [0.3, 0.4) is 0 Å². The van der Waals surface area contributed by atoms with Gasteiger partial charge in [0.1, 0.15) is 0 Å². The van der Waals surface area contributed by atoms with Crippen molar-refractivity contribution in [3.63, 3.8) is 0 Å². The van der Waals surface area contributed by atoms with Crippen LogP contribution in [0.1, 0.15) is 41.7 Å². The number of nitrogens with one attached hydrogen (secondary N) is 1. The maximum atomic E-state index is 12.8. The van der Waals surface area contributed by atoms with E-state index in [9.17, 15) is 26.4 Å².